The van der Waals surface area contributed by atoms with E-state index in [0.717, 1.165) is 30.2 Å². The SMILES string of the molecule is Cc1cc2c(N3CCc4sccc4C3)ncnc2s1. The summed E-state index contributed by atoms with van der Waals surface area (Å²) in [6.45, 7) is 4.15. The van der Waals surface area contributed by atoms with Gasteiger partial charge >= 0.3 is 0 Å². The lowest BCUT2D eigenvalue weighted by Crippen LogP contribution is -2.30. The Bertz CT molecular complexity index is 744. The van der Waals surface area contributed by atoms with Gasteiger partial charge in [-0.2, -0.15) is 0 Å². The van der Waals surface area contributed by atoms with Crippen molar-refractivity contribution < 1.29 is 0 Å². The van der Waals surface area contributed by atoms with Crippen molar-refractivity contribution in [3.05, 3.63) is 39.2 Å². The summed E-state index contributed by atoms with van der Waals surface area (Å²) in [4.78, 5) is 15.2. The van der Waals surface area contributed by atoms with E-state index in [1.54, 1.807) is 17.7 Å². The maximum absolute atomic E-state index is 4.53. The molecule has 5 heteroatoms. The average molecular weight is 287 g/mol. The second-order valence-corrected chi connectivity index (χ2v) is 7.05. The van der Waals surface area contributed by atoms with Crippen molar-refractivity contribution in [2.24, 2.45) is 0 Å². The fourth-order valence-electron chi connectivity index (χ4n) is 2.64. The van der Waals surface area contributed by atoms with Crippen molar-refractivity contribution in [3.63, 3.8) is 0 Å². The van der Waals surface area contributed by atoms with Gasteiger partial charge in [-0.1, -0.05) is 0 Å². The molecule has 0 radical (unpaired) electrons. The van der Waals surface area contributed by atoms with Crippen LogP contribution >= 0.6 is 22.7 Å². The van der Waals surface area contributed by atoms with Gasteiger partial charge in [0.25, 0.3) is 0 Å². The van der Waals surface area contributed by atoms with Crippen molar-refractivity contribution in [1.82, 2.24) is 9.97 Å². The number of aromatic nitrogens is 2. The van der Waals surface area contributed by atoms with Crippen LogP contribution in [-0.2, 0) is 13.0 Å². The zero-order valence-corrected chi connectivity index (χ0v) is 12.2. The smallest absolute Gasteiger partial charge is 0.141 e. The van der Waals surface area contributed by atoms with Gasteiger partial charge in [-0.25, -0.2) is 9.97 Å². The van der Waals surface area contributed by atoms with Gasteiger partial charge in [-0.3, -0.25) is 0 Å². The fourth-order valence-corrected chi connectivity index (χ4v) is 4.38. The lowest BCUT2D eigenvalue weighted by Gasteiger charge is -2.28. The van der Waals surface area contributed by atoms with Crippen molar-refractivity contribution in [2.45, 2.75) is 19.9 Å². The van der Waals surface area contributed by atoms with Gasteiger partial charge < -0.3 is 4.90 Å². The third-order valence-electron chi connectivity index (χ3n) is 3.54. The van der Waals surface area contributed by atoms with E-state index in [1.807, 2.05) is 11.3 Å². The maximum atomic E-state index is 4.53. The van der Waals surface area contributed by atoms with Crippen LogP contribution in [0.5, 0.6) is 0 Å². The van der Waals surface area contributed by atoms with E-state index in [2.05, 4.69) is 39.3 Å². The van der Waals surface area contributed by atoms with Crippen LogP contribution in [0.25, 0.3) is 10.2 Å². The van der Waals surface area contributed by atoms with Crippen LogP contribution in [0.1, 0.15) is 15.3 Å². The predicted molar refractivity (Wildman–Crippen MR) is 81.2 cm³/mol. The normalized spacial score (nSPS) is 14.9. The monoisotopic (exact) mass is 287 g/mol. The minimum atomic E-state index is 0.972. The van der Waals surface area contributed by atoms with Crippen molar-refractivity contribution in [3.8, 4) is 0 Å². The molecule has 1 aliphatic rings. The van der Waals surface area contributed by atoms with E-state index in [0.29, 0.717) is 0 Å². The molecule has 0 saturated heterocycles. The molecule has 0 spiro atoms. The zero-order chi connectivity index (χ0) is 12.8. The molecular weight excluding hydrogens is 274 g/mol. The maximum Gasteiger partial charge on any atom is 0.141 e. The molecule has 1 aliphatic heterocycles. The number of nitrogens with zero attached hydrogens (tertiary/aromatic N) is 3. The predicted octanol–water partition coefficient (Wildman–Crippen LogP) is 3.62. The van der Waals surface area contributed by atoms with Crippen LogP contribution in [0.2, 0.25) is 0 Å². The van der Waals surface area contributed by atoms with E-state index in [4.69, 9.17) is 0 Å². The van der Waals surface area contributed by atoms with Gasteiger partial charge in [0.1, 0.15) is 17.0 Å². The van der Waals surface area contributed by atoms with Crippen LogP contribution < -0.4 is 4.90 Å². The number of fused-ring (bicyclic) bond motifs is 2. The third-order valence-corrected chi connectivity index (χ3v) is 5.52. The second kappa shape index (κ2) is 4.28. The summed E-state index contributed by atoms with van der Waals surface area (Å²) in [5, 5.41) is 3.39. The van der Waals surface area contributed by atoms with Gasteiger partial charge in [0.15, 0.2) is 0 Å². The average Bonchev–Trinajstić information content (AvgIpc) is 3.01. The standard InChI is InChI=1S/C14H13N3S2/c1-9-6-11-13(15-8-16-14(11)19-9)17-4-2-12-10(7-17)3-5-18-12/h3,5-6,8H,2,4,7H2,1H3. The largest absolute Gasteiger partial charge is 0.351 e. The highest BCUT2D eigenvalue weighted by atomic mass is 32.1. The molecule has 0 aliphatic carbocycles. The second-order valence-electron chi connectivity index (χ2n) is 4.81. The first-order valence-corrected chi connectivity index (χ1v) is 8.02. The molecule has 3 aromatic heterocycles. The van der Waals surface area contributed by atoms with E-state index >= 15 is 0 Å². The molecule has 0 unspecified atom stereocenters. The van der Waals surface area contributed by atoms with Crippen LogP contribution in [0.15, 0.2) is 23.8 Å². The first-order chi connectivity index (χ1) is 9.31. The summed E-state index contributed by atoms with van der Waals surface area (Å²) in [5.74, 6) is 1.09. The van der Waals surface area contributed by atoms with Gasteiger partial charge in [0.2, 0.25) is 0 Å². The number of thiophene rings is 2. The highest BCUT2D eigenvalue weighted by Crippen LogP contribution is 2.33. The Balaban J connectivity index is 1.79. The van der Waals surface area contributed by atoms with Crippen LogP contribution in [0.3, 0.4) is 0 Å². The number of aryl methyl sites for hydroxylation is 1. The molecular formula is C14H13N3S2. The first-order valence-electron chi connectivity index (χ1n) is 6.32. The Labute approximate surface area is 119 Å². The van der Waals surface area contributed by atoms with Crippen LogP contribution in [0, 0.1) is 6.92 Å². The minimum absolute atomic E-state index is 0.972. The Morgan fingerprint density at radius 2 is 2.26 bits per heavy atom. The molecule has 3 nitrogen and oxygen atoms in total. The fraction of sp³-hybridized carbons (Fsp3) is 0.286. The quantitative estimate of drug-likeness (QED) is 0.684. The van der Waals surface area contributed by atoms with Crippen LogP contribution in [-0.4, -0.2) is 16.5 Å². The Hall–Kier alpha value is -1.46. The Morgan fingerprint density at radius 1 is 1.32 bits per heavy atom. The van der Waals surface area contributed by atoms with Gasteiger partial charge in [0, 0.05) is 22.8 Å². The van der Waals surface area contributed by atoms with Gasteiger partial charge in [-0.05, 0) is 36.4 Å². The summed E-state index contributed by atoms with van der Waals surface area (Å²) in [6, 6.07) is 4.45. The molecule has 3 aromatic rings. The molecule has 19 heavy (non-hydrogen) atoms. The van der Waals surface area contributed by atoms with E-state index < -0.39 is 0 Å². The summed E-state index contributed by atoms with van der Waals surface area (Å²) in [5.41, 5.74) is 1.45. The molecule has 0 bridgehead atoms. The zero-order valence-electron chi connectivity index (χ0n) is 10.6. The minimum Gasteiger partial charge on any atom is -0.351 e. The van der Waals surface area contributed by atoms with Gasteiger partial charge in [-0.15, -0.1) is 22.7 Å². The molecule has 0 fully saturated rings. The number of anilines is 1. The topological polar surface area (TPSA) is 29.0 Å². The summed E-state index contributed by atoms with van der Waals surface area (Å²) in [7, 11) is 0. The lowest BCUT2D eigenvalue weighted by molar-refractivity contribution is 0.734. The molecule has 0 saturated carbocycles. The first kappa shape index (κ1) is 11.4. The Kier molecular flexibility index (Phi) is 2.56. The molecule has 96 valence electrons. The number of hydrogen-bond acceptors (Lipinski definition) is 5. The van der Waals surface area contributed by atoms with E-state index in [9.17, 15) is 0 Å². The molecule has 0 atom stereocenters. The highest BCUT2D eigenvalue weighted by Gasteiger charge is 2.20. The van der Waals surface area contributed by atoms with Crippen LogP contribution in [0.4, 0.5) is 5.82 Å². The molecule has 4 heterocycles. The van der Waals surface area contributed by atoms with Crippen molar-refractivity contribution in [1.29, 1.82) is 0 Å². The van der Waals surface area contributed by atoms with E-state index in [1.165, 1.54) is 20.7 Å². The van der Waals surface area contributed by atoms with Gasteiger partial charge in [0.05, 0.1) is 5.39 Å². The number of hydrogen-bond donors (Lipinski definition) is 0. The van der Waals surface area contributed by atoms with E-state index in [-0.39, 0.29) is 0 Å². The summed E-state index contributed by atoms with van der Waals surface area (Å²) >= 11 is 3.61. The molecule has 4 rings (SSSR count). The Morgan fingerprint density at radius 3 is 3.21 bits per heavy atom. The molecule has 0 amide bonds. The summed E-state index contributed by atoms with van der Waals surface area (Å²) < 4.78 is 0. The third kappa shape index (κ3) is 1.84. The summed E-state index contributed by atoms with van der Waals surface area (Å²) in [6.07, 6.45) is 2.82. The molecule has 0 N–H and O–H groups in total. The highest BCUT2D eigenvalue weighted by molar-refractivity contribution is 7.18. The molecule has 0 aromatic carbocycles. The number of rotatable bonds is 1. The van der Waals surface area contributed by atoms with Crippen molar-refractivity contribution >= 4 is 38.7 Å². The lowest BCUT2D eigenvalue weighted by atomic mass is 10.1. The van der Waals surface area contributed by atoms with Crippen molar-refractivity contribution in [2.75, 3.05) is 11.4 Å².